The van der Waals surface area contributed by atoms with Crippen LogP contribution in [0.3, 0.4) is 0 Å². The van der Waals surface area contributed by atoms with Crippen LogP contribution in [-0.2, 0) is 0 Å². The minimum atomic E-state index is 0.630. The smallest absolute Gasteiger partial charge is 0.127 e. The number of unbranched alkanes of at least 4 members (excludes halogenated alkanes) is 1. The summed E-state index contributed by atoms with van der Waals surface area (Å²) >= 11 is 0. The summed E-state index contributed by atoms with van der Waals surface area (Å²) in [6.45, 7) is 4.53. The average Bonchev–Trinajstić information content (AvgIpc) is 2.46. The Labute approximate surface area is 116 Å². The summed E-state index contributed by atoms with van der Waals surface area (Å²) in [7, 11) is 0. The Morgan fingerprint density at radius 1 is 0.895 bits per heavy atom. The molecule has 0 N–H and O–H groups in total. The van der Waals surface area contributed by atoms with Crippen molar-refractivity contribution in [3.05, 3.63) is 60.2 Å². The molecule has 2 aromatic carbocycles. The molecule has 0 aliphatic heterocycles. The number of hydrogen-bond acceptors (Lipinski definition) is 1. The largest absolute Gasteiger partial charge is 0.457 e. The molecule has 0 bridgehead atoms. The van der Waals surface area contributed by atoms with Crippen LogP contribution < -0.4 is 4.74 Å². The highest BCUT2D eigenvalue weighted by Crippen LogP contribution is 2.26. The minimum Gasteiger partial charge on any atom is -0.457 e. The van der Waals surface area contributed by atoms with E-state index in [1.807, 2.05) is 30.3 Å². The second-order valence-corrected chi connectivity index (χ2v) is 5.03. The SMILES string of the molecule is CCCCC(C)c1ccc(Oc2ccccc2)cc1. The maximum atomic E-state index is 5.79. The van der Waals surface area contributed by atoms with E-state index in [2.05, 4.69) is 38.1 Å². The summed E-state index contributed by atoms with van der Waals surface area (Å²) in [5.74, 6) is 2.41. The summed E-state index contributed by atoms with van der Waals surface area (Å²) in [5, 5.41) is 0. The monoisotopic (exact) mass is 254 g/mol. The summed E-state index contributed by atoms with van der Waals surface area (Å²) < 4.78 is 5.79. The van der Waals surface area contributed by atoms with Crippen LogP contribution >= 0.6 is 0 Å². The molecule has 0 spiro atoms. The molecule has 0 aliphatic rings. The molecule has 1 nitrogen and oxygen atoms in total. The van der Waals surface area contributed by atoms with Gasteiger partial charge in [-0.15, -0.1) is 0 Å². The maximum Gasteiger partial charge on any atom is 0.127 e. The summed E-state index contributed by atoms with van der Waals surface area (Å²) in [4.78, 5) is 0. The van der Waals surface area contributed by atoms with Crippen molar-refractivity contribution in [3.8, 4) is 11.5 Å². The van der Waals surface area contributed by atoms with Crippen LogP contribution in [0.2, 0.25) is 0 Å². The summed E-state index contributed by atoms with van der Waals surface area (Å²) in [6.07, 6.45) is 3.82. The Morgan fingerprint density at radius 3 is 2.16 bits per heavy atom. The van der Waals surface area contributed by atoms with Crippen LogP contribution in [0.5, 0.6) is 11.5 Å². The van der Waals surface area contributed by atoms with Crippen molar-refractivity contribution >= 4 is 0 Å². The van der Waals surface area contributed by atoms with Gasteiger partial charge in [0.1, 0.15) is 11.5 Å². The number of para-hydroxylation sites is 1. The van der Waals surface area contributed by atoms with Crippen LogP contribution in [0.4, 0.5) is 0 Å². The van der Waals surface area contributed by atoms with Gasteiger partial charge in [0, 0.05) is 0 Å². The van der Waals surface area contributed by atoms with E-state index in [1.54, 1.807) is 0 Å². The normalized spacial score (nSPS) is 12.1. The van der Waals surface area contributed by atoms with Gasteiger partial charge in [0.2, 0.25) is 0 Å². The predicted molar refractivity (Wildman–Crippen MR) is 80.9 cm³/mol. The van der Waals surface area contributed by atoms with Crippen LogP contribution in [0, 0.1) is 0 Å². The van der Waals surface area contributed by atoms with Crippen molar-refractivity contribution in [2.24, 2.45) is 0 Å². The Morgan fingerprint density at radius 2 is 1.53 bits per heavy atom. The first-order chi connectivity index (χ1) is 9.29. The zero-order chi connectivity index (χ0) is 13.5. The van der Waals surface area contributed by atoms with Gasteiger partial charge in [-0.3, -0.25) is 0 Å². The van der Waals surface area contributed by atoms with Gasteiger partial charge in [0.15, 0.2) is 0 Å². The lowest BCUT2D eigenvalue weighted by Gasteiger charge is -2.12. The molecule has 1 heteroatoms. The quantitative estimate of drug-likeness (QED) is 0.635. The topological polar surface area (TPSA) is 9.23 Å². The molecule has 0 aliphatic carbocycles. The molecule has 2 rings (SSSR count). The van der Waals surface area contributed by atoms with Crippen molar-refractivity contribution in [3.63, 3.8) is 0 Å². The summed E-state index contributed by atoms with van der Waals surface area (Å²) in [6, 6.07) is 18.4. The highest BCUT2D eigenvalue weighted by molar-refractivity contribution is 5.33. The van der Waals surface area contributed by atoms with Crippen LogP contribution in [0.15, 0.2) is 54.6 Å². The third kappa shape index (κ3) is 4.13. The highest BCUT2D eigenvalue weighted by Gasteiger charge is 2.05. The first kappa shape index (κ1) is 13.7. The van der Waals surface area contributed by atoms with E-state index in [4.69, 9.17) is 4.74 Å². The zero-order valence-corrected chi connectivity index (χ0v) is 11.8. The fourth-order valence-electron chi connectivity index (χ4n) is 2.17. The molecular formula is C18H22O. The molecular weight excluding hydrogens is 232 g/mol. The zero-order valence-electron chi connectivity index (χ0n) is 11.8. The van der Waals surface area contributed by atoms with Crippen molar-refractivity contribution < 1.29 is 4.74 Å². The molecule has 0 fully saturated rings. The van der Waals surface area contributed by atoms with Crippen molar-refractivity contribution in [2.75, 3.05) is 0 Å². The molecule has 0 radical (unpaired) electrons. The Hall–Kier alpha value is -1.76. The molecule has 2 aromatic rings. The predicted octanol–water partition coefficient (Wildman–Crippen LogP) is 5.77. The van der Waals surface area contributed by atoms with Gasteiger partial charge in [-0.05, 0) is 42.2 Å². The van der Waals surface area contributed by atoms with Crippen LogP contribution in [-0.4, -0.2) is 0 Å². The number of benzene rings is 2. The number of ether oxygens (including phenoxy) is 1. The van der Waals surface area contributed by atoms with Gasteiger partial charge in [-0.25, -0.2) is 0 Å². The fourth-order valence-corrected chi connectivity index (χ4v) is 2.17. The van der Waals surface area contributed by atoms with Gasteiger partial charge in [-0.2, -0.15) is 0 Å². The molecule has 19 heavy (non-hydrogen) atoms. The first-order valence-electron chi connectivity index (χ1n) is 7.12. The third-order valence-electron chi connectivity index (χ3n) is 3.42. The molecule has 0 aromatic heterocycles. The molecule has 0 saturated carbocycles. The van der Waals surface area contributed by atoms with Crippen molar-refractivity contribution in [2.45, 2.75) is 39.0 Å². The van der Waals surface area contributed by atoms with E-state index in [0.717, 1.165) is 11.5 Å². The van der Waals surface area contributed by atoms with E-state index in [0.29, 0.717) is 5.92 Å². The Bertz CT molecular complexity index is 473. The molecule has 0 heterocycles. The van der Waals surface area contributed by atoms with Crippen molar-refractivity contribution in [1.29, 1.82) is 0 Å². The lowest BCUT2D eigenvalue weighted by molar-refractivity contribution is 0.482. The van der Waals surface area contributed by atoms with E-state index in [-0.39, 0.29) is 0 Å². The number of hydrogen-bond donors (Lipinski definition) is 0. The number of rotatable bonds is 6. The second-order valence-electron chi connectivity index (χ2n) is 5.03. The van der Waals surface area contributed by atoms with Gasteiger partial charge < -0.3 is 4.74 Å². The highest BCUT2D eigenvalue weighted by atomic mass is 16.5. The minimum absolute atomic E-state index is 0.630. The van der Waals surface area contributed by atoms with Gasteiger partial charge in [0.25, 0.3) is 0 Å². The van der Waals surface area contributed by atoms with E-state index >= 15 is 0 Å². The molecule has 1 unspecified atom stereocenters. The van der Waals surface area contributed by atoms with E-state index in [9.17, 15) is 0 Å². The lowest BCUT2D eigenvalue weighted by atomic mass is 9.96. The molecule has 1 atom stereocenters. The standard InChI is InChI=1S/C18H22O/c1-3-4-8-15(2)16-11-13-18(14-12-16)19-17-9-6-5-7-10-17/h5-7,9-15H,3-4,8H2,1-2H3. The molecule has 0 saturated heterocycles. The Kier molecular flexibility index (Phi) is 5.02. The van der Waals surface area contributed by atoms with Gasteiger partial charge >= 0.3 is 0 Å². The van der Waals surface area contributed by atoms with E-state index < -0.39 is 0 Å². The fraction of sp³-hybridized carbons (Fsp3) is 0.333. The second kappa shape index (κ2) is 6.98. The van der Waals surface area contributed by atoms with Crippen LogP contribution in [0.1, 0.15) is 44.6 Å². The van der Waals surface area contributed by atoms with Crippen LogP contribution in [0.25, 0.3) is 0 Å². The first-order valence-corrected chi connectivity index (χ1v) is 7.12. The Balaban J connectivity index is 1.98. The average molecular weight is 254 g/mol. The third-order valence-corrected chi connectivity index (χ3v) is 3.42. The lowest BCUT2D eigenvalue weighted by Crippen LogP contribution is -1.93. The molecule has 100 valence electrons. The van der Waals surface area contributed by atoms with E-state index in [1.165, 1.54) is 24.8 Å². The summed E-state index contributed by atoms with van der Waals surface area (Å²) in [5.41, 5.74) is 1.40. The molecule has 0 amide bonds. The van der Waals surface area contributed by atoms with Gasteiger partial charge in [-0.1, -0.05) is 57.0 Å². The van der Waals surface area contributed by atoms with Crippen molar-refractivity contribution in [1.82, 2.24) is 0 Å². The maximum absolute atomic E-state index is 5.79. The van der Waals surface area contributed by atoms with Gasteiger partial charge in [0.05, 0.1) is 0 Å².